The monoisotopic (exact) mass is 518 g/mol. The van der Waals surface area contributed by atoms with Gasteiger partial charge in [0.15, 0.2) is 21.8 Å². The van der Waals surface area contributed by atoms with Gasteiger partial charge in [0.05, 0.1) is 39.6 Å². The SMILES string of the molecule is C=N/C(=N\C=C(/C)COCCOCCOCCN=[N+]=[N-])SC[Si](C)(C)O[Si](C)(C)CCCN. The second-order valence-electron chi connectivity index (χ2n) is 8.58. The number of hydrogen-bond donors (Lipinski definition) is 1. The van der Waals surface area contributed by atoms with Crippen LogP contribution in [-0.4, -0.2) is 86.6 Å². The van der Waals surface area contributed by atoms with Crippen LogP contribution in [0.1, 0.15) is 13.3 Å². The maximum atomic E-state index is 8.15. The smallest absolute Gasteiger partial charge is 0.186 e. The van der Waals surface area contributed by atoms with E-state index in [1.54, 1.807) is 18.0 Å². The molecular weight excluding hydrogens is 476 g/mol. The quantitative estimate of drug-likeness (QED) is 0.0513. The first kappa shape index (κ1) is 32.0. The summed E-state index contributed by atoms with van der Waals surface area (Å²) in [5, 5.41) is 4.90. The van der Waals surface area contributed by atoms with Gasteiger partial charge in [-0.25, -0.2) is 9.98 Å². The van der Waals surface area contributed by atoms with Gasteiger partial charge in [-0.15, -0.1) is 0 Å². The Balaban J connectivity index is 4.19. The number of ether oxygens (including phenoxy) is 3. The van der Waals surface area contributed by atoms with Crippen LogP contribution in [0.25, 0.3) is 10.4 Å². The summed E-state index contributed by atoms with van der Waals surface area (Å²) in [5.74, 6) is 0. The van der Waals surface area contributed by atoms with Crippen molar-refractivity contribution in [3.8, 4) is 0 Å². The first-order valence-corrected chi connectivity index (χ1v) is 18.3. The number of nitrogens with two attached hydrogens (primary N) is 1. The Morgan fingerprint density at radius 3 is 2.30 bits per heavy atom. The Morgan fingerprint density at radius 1 is 1.06 bits per heavy atom. The predicted octanol–water partition coefficient (Wildman–Crippen LogP) is 4.35. The normalized spacial score (nSPS) is 13.2. The molecule has 0 aliphatic heterocycles. The fourth-order valence-corrected chi connectivity index (χ4v) is 13.1. The molecule has 10 nitrogen and oxygen atoms in total. The lowest BCUT2D eigenvalue weighted by atomic mass is 10.4. The third-order valence-electron chi connectivity index (χ3n) is 4.09. The number of nitrogens with zero attached hydrogens (tertiary/aromatic N) is 5. The van der Waals surface area contributed by atoms with E-state index in [-0.39, 0.29) is 0 Å². The standard InChI is InChI=1S/C20H42N6O4SSi2/c1-19(17-29-14-13-28-12-11-27-10-9-25-26-22)16-24-20(23-2)31-18-33(5,6)30-32(3,4)15-7-8-21/h16H,2,7-15,17-18,21H2,1,3-6H3/b19-16+,24-20+. The molecule has 0 heterocycles. The minimum Gasteiger partial charge on any atom is -0.455 e. The molecule has 0 aromatic carbocycles. The molecule has 0 saturated heterocycles. The number of hydrogen-bond acceptors (Lipinski definition) is 8. The minimum atomic E-state index is -1.84. The van der Waals surface area contributed by atoms with Crippen LogP contribution < -0.4 is 5.73 Å². The molecule has 0 fully saturated rings. The van der Waals surface area contributed by atoms with Crippen LogP contribution in [-0.2, 0) is 18.3 Å². The maximum Gasteiger partial charge on any atom is 0.186 e. The molecule has 0 radical (unpaired) electrons. The van der Waals surface area contributed by atoms with Gasteiger partial charge in [-0.1, -0.05) is 16.9 Å². The lowest BCUT2D eigenvalue weighted by Gasteiger charge is -2.33. The van der Waals surface area contributed by atoms with Gasteiger partial charge in [0.2, 0.25) is 0 Å². The Hall–Kier alpha value is -1.03. The van der Waals surface area contributed by atoms with E-state index >= 15 is 0 Å². The number of thioether (sulfide) groups is 1. The average Bonchev–Trinajstić information content (AvgIpc) is 2.75. The van der Waals surface area contributed by atoms with Crippen molar-refractivity contribution in [3.63, 3.8) is 0 Å². The highest BCUT2D eigenvalue weighted by Crippen LogP contribution is 2.23. The first-order chi connectivity index (χ1) is 15.7. The van der Waals surface area contributed by atoms with Crippen LogP contribution in [0.3, 0.4) is 0 Å². The van der Waals surface area contributed by atoms with E-state index in [2.05, 4.69) is 52.9 Å². The zero-order chi connectivity index (χ0) is 25.0. The molecule has 0 aliphatic carbocycles. The summed E-state index contributed by atoms with van der Waals surface area (Å²) in [6, 6.07) is 1.09. The van der Waals surface area contributed by atoms with Gasteiger partial charge in [0, 0.05) is 23.0 Å². The van der Waals surface area contributed by atoms with E-state index in [1.807, 2.05) is 6.92 Å². The number of amidine groups is 1. The van der Waals surface area contributed by atoms with Crippen molar-refractivity contribution in [2.75, 3.05) is 58.1 Å². The van der Waals surface area contributed by atoms with E-state index in [9.17, 15) is 0 Å². The molecule has 0 aromatic rings. The van der Waals surface area contributed by atoms with E-state index in [4.69, 9.17) is 29.6 Å². The second-order valence-corrected chi connectivity index (χ2v) is 18.7. The van der Waals surface area contributed by atoms with Gasteiger partial charge in [-0.05, 0) is 69.9 Å². The summed E-state index contributed by atoms with van der Waals surface area (Å²) in [5.41, 5.74) is 14.8. The Bertz CT molecular complexity index is 658. The molecule has 0 aromatic heterocycles. The van der Waals surface area contributed by atoms with Gasteiger partial charge in [-0.2, -0.15) is 0 Å². The summed E-state index contributed by atoms with van der Waals surface area (Å²) in [6.45, 7) is 18.4. The second kappa shape index (κ2) is 19.3. The van der Waals surface area contributed by atoms with E-state index < -0.39 is 16.6 Å². The van der Waals surface area contributed by atoms with Crippen molar-refractivity contribution in [2.45, 2.75) is 45.6 Å². The minimum absolute atomic E-state index is 0.331. The summed E-state index contributed by atoms with van der Waals surface area (Å²) in [6.07, 6.45) is 2.79. The predicted molar refractivity (Wildman–Crippen MR) is 144 cm³/mol. The highest BCUT2D eigenvalue weighted by Gasteiger charge is 2.32. The Kier molecular flexibility index (Phi) is 18.7. The average molecular weight is 519 g/mol. The first-order valence-electron chi connectivity index (χ1n) is 11.1. The van der Waals surface area contributed by atoms with E-state index in [1.165, 1.54) is 0 Å². The van der Waals surface area contributed by atoms with Crippen LogP contribution in [0.15, 0.2) is 26.9 Å². The highest BCUT2D eigenvalue weighted by molar-refractivity contribution is 8.15. The van der Waals surface area contributed by atoms with Crippen LogP contribution in [0.2, 0.25) is 32.2 Å². The van der Waals surface area contributed by atoms with Crippen molar-refractivity contribution in [1.29, 1.82) is 0 Å². The van der Waals surface area contributed by atoms with Crippen LogP contribution in [0, 0.1) is 0 Å². The molecule has 0 spiro atoms. The zero-order valence-corrected chi connectivity index (χ0v) is 23.7. The third kappa shape index (κ3) is 20.1. The van der Waals surface area contributed by atoms with E-state index in [0.717, 1.165) is 23.4 Å². The molecule has 0 rings (SSSR count). The van der Waals surface area contributed by atoms with Crippen molar-refractivity contribution in [3.05, 3.63) is 22.2 Å². The van der Waals surface area contributed by atoms with Gasteiger partial charge in [0.1, 0.15) is 0 Å². The fraction of sp³-hybridized carbons (Fsp3) is 0.800. The molecule has 13 heteroatoms. The van der Waals surface area contributed by atoms with Crippen molar-refractivity contribution in [1.82, 2.24) is 0 Å². The van der Waals surface area contributed by atoms with Gasteiger partial charge in [-0.3, -0.25) is 0 Å². The number of azide groups is 1. The molecular formula is C20H42N6O4SSi2. The van der Waals surface area contributed by atoms with Gasteiger partial charge < -0.3 is 24.1 Å². The van der Waals surface area contributed by atoms with Gasteiger partial charge in [0.25, 0.3) is 0 Å². The Labute approximate surface area is 205 Å². The highest BCUT2D eigenvalue weighted by atomic mass is 32.2. The Morgan fingerprint density at radius 2 is 1.70 bits per heavy atom. The summed E-state index contributed by atoms with van der Waals surface area (Å²) in [4.78, 5) is 11.2. The molecule has 0 saturated carbocycles. The number of aliphatic imine (C=N–C) groups is 2. The van der Waals surface area contributed by atoms with Crippen molar-refractivity contribution >= 4 is 40.3 Å². The molecule has 0 aliphatic rings. The summed E-state index contributed by atoms with van der Waals surface area (Å²) < 4.78 is 22.8. The molecule has 0 atom stereocenters. The number of rotatable bonds is 19. The van der Waals surface area contributed by atoms with Gasteiger partial charge >= 0.3 is 0 Å². The molecule has 0 amide bonds. The largest absolute Gasteiger partial charge is 0.455 e. The lowest BCUT2D eigenvalue weighted by Crippen LogP contribution is -2.46. The molecule has 2 N–H and O–H groups in total. The zero-order valence-electron chi connectivity index (χ0n) is 20.9. The van der Waals surface area contributed by atoms with Crippen LogP contribution >= 0.6 is 11.8 Å². The van der Waals surface area contributed by atoms with E-state index in [0.29, 0.717) is 57.9 Å². The van der Waals surface area contributed by atoms with Crippen LogP contribution in [0.4, 0.5) is 0 Å². The topological polar surface area (TPSA) is 136 Å². The summed E-state index contributed by atoms with van der Waals surface area (Å²) >= 11 is 1.59. The summed E-state index contributed by atoms with van der Waals surface area (Å²) in [7, 11) is -3.54. The third-order valence-corrected chi connectivity index (χ3v) is 13.9. The molecule has 190 valence electrons. The lowest BCUT2D eigenvalue weighted by molar-refractivity contribution is 0.0201. The maximum absolute atomic E-state index is 8.15. The molecule has 0 unspecified atom stereocenters. The van der Waals surface area contributed by atoms with Crippen molar-refractivity contribution < 1.29 is 18.3 Å². The fourth-order valence-electron chi connectivity index (χ4n) is 2.74. The van der Waals surface area contributed by atoms with Crippen molar-refractivity contribution in [2.24, 2.45) is 20.8 Å². The molecule has 33 heavy (non-hydrogen) atoms. The van der Waals surface area contributed by atoms with Crippen LogP contribution in [0.5, 0.6) is 0 Å². The molecule has 0 bridgehead atoms.